The molecule has 2 heterocycles. The van der Waals surface area contributed by atoms with Crippen LogP contribution >= 0.6 is 35.3 Å². The Kier molecular flexibility index (Phi) is 9.88. The van der Waals surface area contributed by atoms with E-state index in [1.165, 1.54) is 5.56 Å². The molecule has 1 unspecified atom stereocenters. The van der Waals surface area contributed by atoms with Crippen LogP contribution in [0.3, 0.4) is 0 Å². The molecular formula is C22H27IN4O2S. The molecule has 0 saturated carbocycles. The van der Waals surface area contributed by atoms with Gasteiger partial charge in [-0.15, -0.1) is 24.0 Å². The third-order valence-corrected chi connectivity index (χ3v) is 5.15. The molecule has 0 aliphatic rings. The number of nitrogens with one attached hydrogen (secondary N) is 2. The molecule has 30 heavy (non-hydrogen) atoms. The van der Waals surface area contributed by atoms with Crippen molar-refractivity contribution in [3.8, 4) is 17.4 Å². The normalized spacial score (nSPS) is 11.9. The van der Waals surface area contributed by atoms with E-state index in [0.29, 0.717) is 24.1 Å². The zero-order chi connectivity index (χ0) is 20.5. The van der Waals surface area contributed by atoms with Crippen molar-refractivity contribution in [1.82, 2.24) is 15.6 Å². The zero-order valence-electron chi connectivity index (χ0n) is 17.3. The van der Waals surface area contributed by atoms with E-state index in [0.717, 1.165) is 23.8 Å². The van der Waals surface area contributed by atoms with Gasteiger partial charge in [0.2, 0.25) is 5.88 Å². The van der Waals surface area contributed by atoms with E-state index < -0.39 is 0 Å². The lowest BCUT2D eigenvalue weighted by Crippen LogP contribution is -2.38. The average Bonchev–Trinajstić information content (AvgIpc) is 3.30. The Labute approximate surface area is 198 Å². The largest absolute Gasteiger partial charge is 0.497 e. The van der Waals surface area contributed by atoms with Crippen LogP contribution in [0.4, 0.5) is 0 Å². The molecular weight excluding hydrogens is 511 g/mol. The number of halogens is 1. The van der Waals surface area contributed by atoms with Crippen LogP contribution < -0.4 is 20.1 Å². The highest BCUT2D eigenvalue weighted by molar-refractivity contribution is 14.0. The van der Waals surface area contributed by atoms with Crippen molar-refractivity contribution >= 4 is 41.3 Å². The van der Waals surface area contributed by atoms with Crippen molar-refractivity contribution in [3.63, 3.8) is 0 Å². The smallest absolute Gasteiger partial charge is 0.219 e. The number of hydrogen-bond acceptors (Lipinski definition) is 5. The van der Waals surface area contributed by atoms with E-state index in [2.05, 4.69) is 44.4 Å². The van der Waals surface area contributed by atoms with Crippen molar-refractivity contribution in [2.75, 3.05) is 20.7 Å². The fourth-order valence-electron chi connectivity index (χ4n) is 2.67. The molecule has 1 aromatic carbocycles. The first-order valence-electron chi connectivity index (χ1n) is 9.41. The number of rotatable bonds is 8. The minimum Gasteiger partial charge on any atom is -0.497 e. The summed E-state index contributed by atoms with van der Waals surface area (Å²) in [7, 11) is 3.41. The van der Waals surface area contributed by atoms with Crippen molar-refractivity contribution in [3.05, 3.63) is 70.5 Å². The van der Waals surface area contributed by atoms with Gasteiger partial charge in [-0.25, -0.2) is 4.98 Å². The molecule has 0 aliphatic heterocycles. The van der Waals surface area contributed by atoms with Crippen LogP contribution in [0.1, 0.15) is 24.0 Å². The van der Waals surface area contributed by atoms with Crippen LogP contribution in [0.5, 0.6) is 17.4 Å². The molecule has 0 spiro atoms. The van der Waals surface area contributed by atoms with Crippen LogP contribution in [-0.4, -0.2) is 31.6 Å². The van der Waals surface area contributed by atoms with Crippen molar-refractivity contribution < 1.29 is 9.47 Å². The second-order valence-corrected chi connectivity index (χ2v) is 7.33. The lowest BCUT2D eigenvalue weighted by Gasteiger charge is -2.15. The van der Waals surface area contributed by atoms with Crippen LogP contribution in [-0.2, 0) is 6.54 Å². The molecule has 8 heteroatoms. The van der Waals surface area contributed by atoms with E-state index in [1.54, 1.807) is 31.7 Å². The minimum atomic E-state index is 0. The predicted molar refractivity (Wildman–Crippen MR) is 134 cm³/mol. The maximum absolute atomic E-state index is 5.76. The molecule has 0 bridgehead atoms. The highest BCUT2D eigenvalue weighted by Gasteiger charge is 2.07. The van der Waals surface area contributed by atoms with Gasteiger partial charge < -0.3 is 20.1 Å². The van der Waals surface area contributed by atoms with Gasteiger partial charge in [0.25, 0.3) is 0 Å². The van der Waals surface area contributed by atoms with Gasteiger partial charge in [0.1, 0.15) is 11.5 Å². The lowest BCUT2D eigenvalue weighted by atomic mass is 10.1. The van der Waals surface area contributed by atoms with Gasteiger partial charge in [0.05, 0.1) is 7.11 Å². The summed E-state index contributed by atoms with van der Waals surface area (Å²) in [5.74, 6) is 3.25. The summed E-state index contributed by atoms with van der Waals surface area (Å²) in [6, 6.07) is 13.4. The molecule has 2 aromatic heterocycles. The van der Waals surface area contributed by atoms with Gasteiger partial charge in [0, 0.05) is 32.4 Å². The maximum atomic E-state index is 5.76. The van der Waals surface area contributed by atoms with Crippen molar-refractivity contribution in [2.45, 2.75) is 19.4 Å². The van der Waals surface area contributed by atoms with Crippen LogP contribution in [0, 0.1) is 0 Å². The van der Waals surface area contributed by atoms with E-state index in [4.69, 9.17) is 9.47 Å². The van der Waals surface area contributed by atoms with Crippen molar-refractivity contribution in [1.29, 1.82) is 0 Å². The number of guanidine groups is 1. The first kappa shape index (κ1) is 23.9. The predicted octanol–water partition coefficient (Wildman–Crippen LogP) is 5.03. The molecule has 0 amide bonds. The highest BCUT2D eigenvalue weighted by atomic mass is 127. The fourth-order valence-corrected chi connectivity index (χ4v) is 3.45. The van der Waals surface area contributed by atoms with Gasteiger partial charge in [-0.05, 0) is 58.1 Å². The summed E-state index contributed by atoms with van der Waals surface area (Å²) in [4.78, 5) is 8.66. The average molecular weight is 538 g/mol. The summed E-state index contributed by atoms with van der Waals surface area (Å²) >= 11 is 1.72. The summed E-state index contributed by atoms with van der Waals surface area (Å²) in [5, 5.41) is 11.0. The molecule has 0 saturated heterocycles. The highest BCUT2D eigenvalue weighted by Crippen LogP contribution is 2.22. The number of pyridine rings is 1. The lowest BCUT2D eigenvalue weighted by molar-refractivity contribution is 0.412. The number of methoxy groups -OCH3 is 1. The SMILES string of the molecule is CN=C(NCc1ccc(Oc2ccc(OC)cc2)nc1)NCC(C)c1ccsc1.I. The third-order valence-electron chi connectivity index (χ3n) is 4.45. The van der Waals surface area contributed by atoms with Crippen molar-refractivity contribution in [2.24, 2.45) is 4.99 Å². The summed E-state index contributed by atoms with van der Waals surface area (Å²) < 4.78 is 10.9. The topological polar surface area (TPSA) is 67.8 Å². The second kappa shape index (κ2) is 12.4. The minimum absolute atomic E-state index is 0. The Morgan fingerprint density at radius 3 is 2.47 bits per heavy atom. The Hall–Kier alpha value is -2.33. The fraction of sp³-hybridized carbons (Fsp3) is 0.273. The Balaban J connectivity index is 0.00000320. The molecule has 160 valence electrons. The molecule has 2 N–H and O–H groups in total. The number of ether oxygens (including phenoxy) is 2. The summed E-state index contributed by atoms with van der Waals surface area (Å²) in [5.41, 5.74) is 2.38. The third kappa shape index (κ3) is 7.17. The molecule has 6 nitrogen and oxygen atoms in total. The second-order valence-electron chi connectivity index (χ2n) is 6.55. The van der Waals surface area contributed by atoms with E-state index in [1.807, 2.05) is 36.4 Å². The number of hydrogen-bond donors (Lipinski definition) is 2. The molecule has 0 aliphatic carbocycles. The Morgan fingerprint density at radius 2 is 1.87 bits per heavy atom. The number of benzene rings is 1. The first-order chi connectivity index (χ1) is 14.2. The van der Waals surface area contributed by atoms with Gasteiger partial charge >= 0.3 is 0 Å². The Morgan fingerprint density at radius 1 is 1.10 bits per heavy atom. The first-order valence-corrected chi connectivity index (χ1v) is 10.4. The number of nitrogens with zero attached hydrogens (tertiary/aromatic N) is 2. The monoisotopic (exact) mass is 538 g/mol. The molecule has 3 aromatic rings. The van der Waals surface area contributed by atoms with E-state index in [-0.39, 0.29) is 24.0 Å². The van der Waals surface area contributed by atoms with Gasteiger partial charge in [0.15, 0.2) is 5.96 Å². The molecule has 1 atom stereocenters. The van der Waals surface area contributed by atoms with Gasteiger partial charge in [-0.3, -0.25) is 4.99 Å². The van der Waals surface area contributed by atoms with Crippen LogP contribution in [0.25, 0.3) is 0 Å². The van der Waals surface area contributed by atoms with Gasteiger partial charge in [-0.1, -0.05) is 13.0 Å². The van der Waals surface area contributed by atoms with E-state index in [9.17, 15) is 0 Å². The Bertz CT molecular complexity index is 900. The molecule has 3 rings (SSSR count). The standard InChI is InChI=1S/C22H26N4O2S.HI/c1-16(18-10-11-29-15-18)12-25-22(23-2)26-14-17-4-9-21(24-13-17)28-20-7-5-19(27-3)6-8-20;/h4-11,13,15-16H,12,14H2,1-3H3,(H2,23,25,26);1H. The van der Waals surface area contributed by atoms with E-state index >= 15 is 0 Å². The maximum Gasteiger partial charge on any atom is 0.219 e. The van der Waals surface area contributed by atoms with Gasteiger partial charge in [-0.2, -0.15) is 11.3 Å². The summed E-state index contributed by atoms with van der Waals surface area (Å²) in [6.07, 6.45) is 1.80. The molecule has 0 fully saturated rings. The number of thiophene rings is 1. The summed E-state index contributed by atoms with van der Waals surface area (Å²) in [6.45, 7) is 3.65. The van der Waals surface area contributed by atoms with Crippen LogP contribution in [0.15, 0.2) is 64.4 Å². The zero-order valence-corrected chi connectivity index (χ0v) is 20.4. The number of aliphatic imine (C=N–C) groups is 1. The molecule has 0 radical (unpaired) electrons. The van der Waals surface area contributed by atoms with Crippen LogP contribution in [0.2, 0.25) is 0 Å². The number of aromatic nitrogens is 1. The quantitative estimate of drug-likeness (QED) is 0.239.